The van der Waals surface area contributed by atoms with Gasteiger partial charge in [0, 0.05) is 44.5 Å². The third-order valence-corrected chi connectivity index (χ3v) is 5.47. The number of piperazine rings is 1. The summed E-state index contributed by atoms with van der Waals surface area (Å²) in [7, 11) is 1.65. The maximum Gasteiger partial charge on any atom is 0.237 e. The number of aryl methyl sites for hydroxylation is 2. The molecule has 7 heteroatoms. The zero-order chi connectivity index (χ0) is 21.5. The molecule has 1 aromatic carbocycles. The van der Waals surface area contributed by atoms with Crippen LogP contribution < -0.4 is 15.4 Å². The van der Waals surface area contributed by atoms with Crippen LogP contribution in [0.5, 0.6) is 5.75 Å². The van der Waals surface area contributed by atoms with E-state index >= 15 is 0 Å². The lowest BCUT2D eigenvalue weighted by Gasteiger charge is -2.34. The molecule has 1 aliphatic rings. The molecule has 1 saturated heterocycles. The second-order valence-corrected chi connectivity index (χ2v) is 7.65. The highest BCUT2D eigenvalue weighted by Crippen LogP contribution is 2.21. The van der Waals surface area contributed by atoms with E-state index in [0.717, 1.165) is 28.1 Å². The molecule has 0 spiro atoms. The highest BCUT2D eigenvalue weighted by atomic mass is 16.5. The molecule has 0 aliphatic carbocycles. The molecule has 0 saturated carbocycles. The summed E-state index contributed by atoms with van der Waals surface area (Å²) in [6.07, 6.45) is 2.57. The van der Waals surface area contributed by atoms with Gasteiger partial charge in [-0.3, -0.25) is 19.5 Å². The Bertz CT molecular complexity index is 900. The Morgan fingerprint density at radius 1 is 1.30 bits per heavy atom. The van der Waals surface area contributed by atoms with Gasteiger partial charge in [0.1, 0.15) is 5.75 Å². The summed E-state index contributed by atoms with van der Waals surface area (Å²) in [5.74, 6) is 0.623. The van der Waals surface area contributed by atoms with Crippen LogP contribution in [0.4, 0.5) is 0 Å². The second-order valence-electron chi connectivity index (χ2n) is 7.65. The molecule has 1 aliphatic heterocycles. The lowest BCUT2D eigenvalue weighted by molar-refractivity contribution is -0.134. The largest absolute Gasteiger partial charge is 0.496 e. The Kier molecular flexibility index (Phi) is 7.41. The lowest BCUT2D eigenvalue weighted by atomic mass is 10.0. The van der Waals surface area contributed by atoms with Crippen molar-refractivity contribution >= 4 is 11.8 Å². The van der Waals surface area contributed by atoms with Crippen molar-refractivity contribution in [3.63, 3.8) is 0 Å². The number of hydrogen-bond donors (Lipinski definition) is 2. The van der Waals surface area contributed by atoms with Gasteiger partial charge in [0.05, 0.1) is 19.6 Å². The minimum absolute atomic E-state index is 0.0952. The molecule has 1 aromatic heterocycles. The number of benzene rings is 1. The van der Waals surface area contributed by atoms with Gasteiger partial charge in [0.25, 0.3) is 0 Å². The van der Waals surface area contributed by atoms with E-state index in [4.69, 9.17) is 4.74 Å². The summed E-state index contributed by atoms with van der Waals surface area (Å²) in [5.41, 5.74) is 4.23. The fourth-order valence-corrected chi connectivity index (χ4v) is 3.79. The predicted octanol–water partition coefficient (Wildman–Crippen LogP) is 1.76. The molecule has 2 heterocycles. The fraction of sp³-hybridized carbons (Fsp3) is 0.435. The number of carbonyl (C=O) groups excluding carboxylic acids is 2. The van der Waals surface area contributed by atoms with Gasteiger partial charge < -0.3 is 15.4 Å². The van der Waals surface area contributed by atoms with Crippen molar-refractivity contribution < 1.29 is 14.3 Å². The topological polar surface area (TPSA) is 83.6 Å². The van der Waals surface area contributed by atoms with Crippen LogP contribution in [0.1, 0.15) is 28.8 Å². The number of pyridine rings is 1. The molecule has 2 amide bonds. The Labute approximate surface area is 177 Å². The van der Waals surface area contributed by atoms with Gasteiger partial charge in [-0.1, -0.05) is 18.2 Å². The Balaban J connectivity index is 1.57. The van der Waals surface area contributed by atoms with Crippen molar-refractivity contribution in [3.05, 3.63) is 58.9 Å². The molecule has 2 N–H and O–H groups in total. The number of hydrogen-bond acceptors (Lipinski definition) is 5. The molecular formula is C23H30N4O3. The third-order valence-electron chi connectivity index (χ3n) is 5.47. The minimum Gasteiger partial charge on any atom is -0.496 e. The zero-order valence-electron chi connectivity index (χ0n) is 17.9. The molecule has 0 unspecified atom stereocenters. The number of methoxy groups -OCH3 is 1. The summed E-state index contributed by atoms with van der Waals surface area (Å²) in [4.78, 5) is 31.4. The van der Waals surface area contributed by atoms with Crippen molar-refractivity contribution in [1.82, 2.24) is 20.5 Å². The maximum atomic E-state index is 12.5. The molecule has 0 bridgehead atoms. The van der Waals surface area contributed by atoms with Gasteiger partial charge in [0.2, 0.25) is 11.8 Å². The standard InChI is InChI=1S/C23H30N4O3/c1-16-5-4-9-24-19(16)8-10-25-22(28)14-20-23(29)26-11-12-27(20)15-18-6-7-21(30-3)17(2)13-18/h4-7,9,13,20H,8,10-12,14-15H2,1-3H3,(H,25,28)(H,26,29)/t20-/m1/s1. The number of rotatable bonds is 8. The van der Waals surface area contributed by atoms with E-state index in [-0.39, 0.29) is 18.2 Å². The Morgan fingerprint density at radius 3 is 2.87 bits per heavy atom. The van der Waals surface area contributed by atoms with Crippen LogP contribution in [0.15, 0.2) is 36.5 Å². The molecule has 1 atom stereocenters. The van der Waals surface area contributed by atoms with Crippen LogP contribution in [0.2, 0.25) is 0 Å². The van der Waals surface area contributed by atoms with Gasteiger partial charge in [-0.15, -0.1) is 0 Å². The summed E-state index contributed by atoms with van der Waals surface area (Å²) >= 11 is 0. The van der Waals surface area contributed by atoms with E-state index in [1.54, 1.807) is 13.3 Å². The van der Waals surface area contributed by atoms with E-state index in [1.807, 2.05) is 38.1 Å². The van der Waals surface area contributed by atoms with Crippen LogP contribution >= 0.6 is 0 Å². The van der Waals surface area contributed by atoms with Gasteiger partial charge >= 0.3 is 0 Å². The first-order valence-corrected chi connectivity index (χ1v) is 10.3. The monoisotopic (exact) mass is 410 g/mol. The van der Waals surface area contributed by atoms with Crippen molar-refractivity contribution in [3.8, 4) is 5.75 Å². The molecule has 3 rings (SSSR count). The summed E-state index contributed by atoms with van der Waals surface area (Å²) in [6.45, 7) is 6.42. The molecule has 1 fully saturated rings. The highest BCUT2D eigenvalue weighted by Gasteiger charge is 2.31. The van der Waals surface area contributed by atoms with Crippen LogP contribution in [0.3, 0.4) is 0 Å². The highest BCUT2D eigenvalue weighted by molar-refractivity contribution is 5.88. The first-order chi connectivity index (χ1) is 14.5. The van der Waals surface area contributed by atoms with Gasteiger partial charge in [0.15, 0.2) is 0 Å². The van der Waals surface area contributed by atoms with Gasteiger partial charge in [-0.25, -0.2) is 0 Å². The smallest absolute Gasteiger partial charge is 0.237 e. The SMILES string of the molecule is COc1ccc(CN2CCNC(=O)[C@H]2CC(=O)NCCc2ncccc2C)cc1C. The number of nitrogens with zero attached hydrogens (tertiary/aromatic N) is 2. The van der Waals surface area contributed by atoms with Crippen molar-refractivity contribution in [2.75, 3.05) is 26.7 Å². The number of carbonyl (C=O) groups is 2. The van der Waals surface area contributed by atoms with Crippen molar-refractivity contribution in [1.29, 1.82) is 0 Å². The normalized spacial score (nSPS) is 16.8. The van der Waals surface area contributed by atoms with Gasteiger partial charge in [-0.2, -0.15) is 0 Å². The van der Waals surface area contributed by atoms with Crippen molar-refractivity contribution in [2.24, 2.45) is 0 Å². The predicted molar refractivity (Wildman–Crippen MR) is 115 cm³/mol. The number of ether oxygens (including phenoxy) is 1. The van der Waals surface area contributed by atoms with E-state index in [1.165, 1.54) is 0 Å². The van der Waals surface area contributed by atoms with E-state index < -0.39 is 6.04 Å². The van der Waals surface area contributed by atoms with Crippen LogP contribution in [-0.4, -0.2) is 54.5 Å². The van der Waals surface area contributed by atoms with E-state index in [9.17, 15) is 9.59 Å². The number of aromatic nitrogens is 1. The quantitative estimate of drug-likeness (QED) is 0.693. The van der Waals surface area contributed by atoms with Gasteiger partial charge in [-0.05, 0) is 42.7 Å². The first-order valence-electron chi connectivity index (χ1n) is 10.3. The summed E-state index contributed by atoms with van der Waals surface area (Å²) in [5, 5.41) is 5.81. The Hall–Kier alpha value is -2.93. The maximum absolute atomic E-state index is 12.5. The minimum atomic E-state index is -0.474. The van der Waals surface area contributed by atoms with Crippen LogP contribution in [0.25, 0.3) is 0 Å². The average Bonchev–Trinajstić information content (AvgIpc) is 2.72. The molecule has 160 valence electrons. The third kappa shape index (κ3) is 5.57. The number of amides is 2. The molecule has 2 aromatic rings. The first kappa shape index (κ1) is 21.8. The molecule has 7 nitrogen and oxygen atoms in total. The summed E-state index contributed by atoms with van der Waals surface area (Å²) in [6, 6.07) is 9.45. The van der Waals surface area contributed by atoms with Crippen LogP contribution in [0, 0.1) is 13.8 Å². The fourth-order valence-electron chi connectivity index (χ4n) is 3.79. The second kappa shape index (κ2) is 10.2. The average molecular weight is 411 g/mol. The van der Waals surface area contributed by atoms with E-state index in [2.05, 4.69) is 26.6 Å². The molecule has 0 radical (unpaired) electrons. The van der Waals surface area contributed by atoms with Crippen molar-refractivity contribution in [2.45, 2.75) is 39.3 Å². The molecular weight excluding hydrogens is 380 g/mol. The molecule has 30 heavy (non-hydrogen) atoms. The Morgan fingerprint density at radius 2 is 2.13 bits per heavy atom. The zero-order valence-corrected chi connectivity index (χ0v) is 17.9. The van der Waals surface area contributed by atoms with E-state index in [0.29, 0.717) is 32.6 Å². The summed E-state index contributed by atoms with van der Waals surface area (Å²) < 4.78 is 5.32. The van der Waals surface area contributed by atoms with Crippen LogP contribution in [-0.2, 0) is 22.6 Å². The number of nitrogens with one attached hydrogen (secondary N) is 2. The lowest BCUT2D eigenvalue weighted by Crippen LogP contribution is -2.56.